The third-order valence-electron chi connectivity index (χ3n) is 3.33. The molecule has 6 nitrogen and oxygen atoms in total. The maximum atomic E-state index is 14.4. The Morgan fingerprint density at radius 3 is 2.95 bits per heavy atom. The highest BCUT2D eigenvalue weighted by Crippen LogP contribution is 2.27. The lowest BCUT2D eigenvalue weighted by molar-refractivity contribution is 0.0984. The predicted octanol–water partition coefficient (Wildman–Crippen LogP) is 2.83. The van der Waals surface area contributed by atoms with E-state index in [-0.39, 0.29) is 24.2 Å². The number of hydrogen-bond donors (Lipinski definition) is 2. The SMILES string of the molecule is C=C1OC(=O)N(Cc2ccnc(NSNC)c2F)C(C)C1=C. The van der Waals surface area contributed by atoms with Crippen molar-refractivity contribution >= 4 is 24.0 Å². The van der Waals surface area contributed by atoms with Crippen molar-refractivity contribution in [2.75, 3.05) is 11.8 Å². The quantitative estimate of drug-likeness (QED) is 0.812. The molecule has 0 spiro atoms. The van der Waals surface area contributed by atoms with E-state index in [9.17, 15) is 9.18 Å². The Labute approximate surface area is 132 Å². The molecular weight excluding hydrogens is 307 g/mol. The molecule has 2 heterocycles. The molecular formula is C14H17FN4O2S. The minimum absolute atomic E-state index is 0.0551. The van der Waals surface area contributed by atoms with Crippen LogP contribution in [0.4, 0.5) is 15.0 Å². The number of hydrogen-bond acceptors (Lipinski definition) is 6. The van der Waals surface area contributed by atoms with E-state index in [4.69, 9.17) is 4.74 Å². The monoisotopic (exact) mass is 324 g/mol. The number of rotatable bonds is 5. The number of nitrogens with one attached hydrogen (secondary N) is 2. The average Bonchev–Trinajstić information content (AvgIpc) is 2.49. The van der Waals surface area contributed by atoms with E-state index < -0.39 is 11.9 Å². The van der Waals surface area contributed by atoms with Crippen LogP contribution in [0.2, 0.25) is 0 Å². The smallest absolute Gasteiger partial charge is 0.410 e. The molecule has 1 fully saturated rings. The molecule has 2 rings (SSSR count). The number of amides is 1. The lowest BCUT2D eigenvalue weighted by Crippen LogP contribution is -2.44. The Bertz CT molecular complexity index is 623. The molecule has 8 heteroatoms. The van der Waals surface area contributed by atoms with Crippen molar-refractivity contribution in [1.29, 1.82) is 0 Å². The van der Waals surface area contributed by atoms with Gasteiger partial charge in [0.05, 0.1) is 12.6 Å². The number of anilines is 1. The van der Waals surface area contributed by atoms with Crippen molar-refractivity contribution in [2.24, 2.45) is 0 Å². The zero-order valence-corrected chi connectivity index (χ0v) is 13.2. The van der Waals surface area contributed by atoms with Crippen molar-refractivity contribution in [1.82, 2.24) is 14.6 Å². The van der Waals surface area contributed by atoms with Gasteiger partial charge in [-0.15, -0.1) is 0 Å². The Kier molecular flexibility index (Phi) is 5.04. The number of pyridine rings is 1. The molecule has 1 unspecified atom stereocenters. The molecule has 0 aliphatic carbocycles. The summed E-state index contributed by atoms with van der Waals surface area (Å²) in [7, 11) is 1.70. The topological polar surface area (TPSA) is 66.5 Å². The highest BCUT2D eigenvalue weighted by molar-refractivity contribution is 7.98. The molecule has 22 heavy (non-hydrogen) atoms. The minimum atomic E-state index is -0.569. The normalized spacial score (nSPS) is 18.4. The van der Waals surface area contributed by atoms with E-state index in [2.05, 4.69) is 27.6 Å². The molecule has 2 N–H and O–H groups in total. The zero-order valence-electron chi connectivity index (χ0n) is 12.4. The van der Waals surface area contributed by atoms with E-state index in [1.54, 1.807) is 14.0 Å². The first-order valence-corrected chi connectivity index (χ1v) is 7.35. The molecule has 0 radical (unpaired) electrons. The number of aromatic nitrogens is 1. The first kappa shape index (κ1) is 16.3. The van der Waals surface area contributed by atoms with Gasteiger partial charge in [-0.3, -0.25) is 9.62 Å². The van der Waals surface area contributed by atoms with E-state index in [1.807, 2.05) is 0 Å². The van der Waals surface area contributed by atoms with Crippen LogP contribution in [0.1, 0.15) is 12.5 Å². The van der Waals surface area contributed by atoms with Gasteiger partial charge >= 0.3 is 6.09 Å². The molecule has 118 valence electrons. The molecule has 1 aromatic rings. The van der Waals surface area contributed by atoms with E-state index in [0.717, 1.165) is 12.1 Å². The predicted molar refractivity (Wildman–Crippen MR) is 84.2 cm³/mol. The molecule has 1 amide bonds. The maximum absolute atomic E-state index is 14.4. The molecule has 1 atom stereocenters. The molecule has 1 aliphatic rings. The number of carbonyl (C=O) groups excluding carboxylic acids is 1. The molecule has 1 aliphatic heterocycles. The van der Waals surface area contributed by atoms with Crippen LogP contribution in [0.5, 0.6) is 0 Å². The van der Waals surface area contributed by atoms with Gasteiger partial charge in [0.1, 0.15) is 5.76 Å². The van der Waals surface area contributed by atoms with Crippen molar-refractivity contribution in [3.05, 3.63) is 48.1 Å². The van der Waals surface area contributed by atoms with Crippen molar-refractivity contribution in [3.8, 4) is 0 Å². The van der Waals surface area contributed by atoms with E-state index >= 15 is 0 Å². The summed E-state index contributed by atoms with van der Waals surface area (Å²) in [6, 6.07) is 1.21. The van der Waals surface area contributed by atoms with Gasteiger partial charge in [-0.2, -0.15) is 0 Å². The van der Waals surface area contributed by atoms with E-state index in [1.165, 1.54) is 17.2 Å². The lowest BCUT2D eigenvalue weighted by Gasteiger charge is -2.35. The fourth-order valence-corrected chi connectivity index (χ4v) is 2.31. The van der Waals surface area contributed by atoms with Gasteiger partial charge in [0.15, 0.2) is 11.6 Å². The van der Waals surface area contributed by atoms with Crippen LogP contribution in [0.25, 0.3) is 0 Å². The second-order valence-corrected chi connectivity index (χ2v) is 5.48. The zero-order chi connectivity index (χ0) is 16.3. The number of carbonyl (C=O) groups is 1. The molecule has 0 aromatic carbocycles. The summed E-state index contributed by atoms with van der Waals surface area (Å²) in [5, 5.41) is 0. The lowest BCUT2D eigenvalue weighted by atomic mass is 10.1. The maximum Gasteiger partial charge on any atom is 0.416 e. The largest absolute Gasteiger partial charge is 0.416 e. The molecule has 1 aromatic heterocycles. The number of nitrogens with zero attached hydrogens (tertiary/aromatic N) is 2. The fourth-order valence-electron chi connectivity index (χ4n) is 1.97. The Morgan fingerprint density at radius 1 is 1.55 bits per heavy atom. The highest BCUT2D eigenvalue weighted by Gasteiger charge is 2.32. The summed E-state index contributed by atoms with van der Waals surface area (Å²) in [6.45, 7) is 9.31. The first-order valence-electron chi connectivity index (χ1n) is 6.54. The molecule has 0 bridgehead atoms. The summed E-state index contributed by atoms with van der Waals surface area (Å²) in [6.07, 6.45) is 0.908. The van der Waals surface area contributed by atoms with Gasteiger partial charge in [-0.25, -0.2) is 18.9 Å². The van der Waals surface area contributed by atoms with Crippen molar-refractivity contribution < 1.29 is 13.9 Å². The Morgan fingerprint density at radius 2 is 2.27 bits per heavy atom. The fraction of sp³-hybridized carbons (Fsp3) is 0.286. The van der Waals surface area contributed by atoms with Gasteiger partial charge < -0.3 is 4.74 Å². The Hall–Kier alpha value is -2.06. The Balaban J connectivity index is 2.21. The summed E-state index contributed by atoms with van der Waals surface area (Å²) in [5.41, 5.74) is 0.927. The third kappa shape index (κ3) is 3.23. The van der Waals surface area contributed by atoms with Crippen molar-refractivity contribution in [3.63, 3.8) is 0 Å². The van der Waals surface area contributed by atoms with Crippen molar-refractivity contribution in [2.45, 2.75) is 19.5 Å². The van der Waals surface area contributed by atoms with E-state index in [0.29, 0.717) is 11.1 Å². The highest BCUT2D eigenvalue weighted by atomic mass is 32.2. The number of cyclic esters (lactones) is 1. The standard InChI is InChI=1S/C14H17FN4O2S/c1-8-9(2)19(14(20)21-10(8)3)7-11-5-6-17-13(12(11)15)18-22-16-4/h5-6,9,16H,1,3,7H2,2,4H3,(H,17,18). The van der Waals surface area contributed by atoms with Crippen LogP contribution >= 0.6 is 12.1 Å². The average molecular weight is 324 g/mol. The minimum Gasteiger partial charge on any atom is -0.410 e. The van der Waals surface area contributed by atoms with Crippen LogP contribution in [-0.2, 0) is 11.3 Å². The molecule has 1 saturated heterocycles. The molecule has 0 saturated carbocycles. The van der Waals surface area contributed by atoms with Crippen LogP contribution in [0, 0.1) is 5.82 Å². The van der Waals surface area contributed by atoms with Crippen LogP contribution in [0.15, 0.2) is 36.8 Å². The number of halogens is 1. The third-order valence-corrected chi connectivity index (χ3v) is 3.83. The van der Waals surface area contributed by atoms with Gasteiger partial charge in [-0.05, 0) is 20.0 Å². The summed E-state index contributed by atoms with van der Waals surface area (Å²) in [4.78, 5) is 17.3. The van der Waals surface area contributed by atoms with Gasteiger partial charge in [-0.1, -0.05) is 13.2 Å². The van der Waals surface area contributed by atoms with Crippen LogP contribution in [0.3, 0.4) is 0 Å². The summed E-state index contributed by atoms with van der Waals surface area (Å²) >= 11 is 1.10. The number of ether oxygens (including phenoxy) is 1. The van der Waals surface area contributed by atoms with Gasteiger partial charge in [0.25, 0.3) is 0 Å². The second-order valence-electron chi connectivity index (χ2n) is 4.66. The van der Waals surface area contributed by atoms with Gasteiger partial charge in [0.2, 0.25) is 0 Å². The summed E-state index contributed by atoms with van der Waals surface area (Å²) < 4.78 is 24.9. The van der Waals surface area contributed by atoms with Crippen LogP contribution in [-0.4, -0.2) is 29.1 Å². The van der Waals surface area contributed by atoms with Crippen LogP contribution < -0.4 is 9.44 Å². The first-order chi connectivity index (χ1) is 10.5. The van der Waals surface area contributed by atoms with Gasteiger partial charge in [0, 0.05) is 29.5 Å². The second kappa shape index (κ2) is 6.80. The summed E-state index contributed by atoms with van der Waals surface area (Å²) in [5.74, 6) is -0.171.